The molecular formula is C26H30N3O2+. The fraction of sp³-hybridized carbons (Fsp3) is 0.385. The zero-order valence-electron chi connectivity index (χ0n) is 18.0. The number of carbonyl (C=O) groups is 1. The van der Waals surface area contributed by atoms with Gasteiger partial charge in [-0.3, -0.25) is 4.79 Å². The van der Waals surface area contributed by atoms with Crippen LogP contribution in [0.5, 0.6) is 0 Å². The molecule has 3 aromatic rings. The molecule has 3 atom stereocenters. The lowest BCUT2D eigenvalue weighted by Crippen LogP contribution is -2.47. The highest BCUT2D eigenvalue weighted by atomic mass is 16.6. The quantitative estimate of drug-likeness (QED) is 0.474. The van der Waals surface area contributed by atoms with Crippen molar-refractivity contribution in [3.63, 3.8) is 0 Å². The Morgan fingerprint density at radius 1 is 1.10 bits per heavy atom. The number of nitrogens with two attached hydrogens (primary N) is 1. The van der Waals surface area contributed by atoms with Gasteiger partial charge in [0.05, 0.1) is 6.61 Å². The predicted octanol–water partition coefficient (Wildman–Crippen LogP) is 3.30. The third-order valence-corrected chi connectivity index (χ3v) is 7.26. The van der Waals surface area contributed by atoms with Crippen molar-refractivity contribution in [1.29, 1.82) is 0 Å². The Morgan fingerprint density at radius 3 is 2.26 bits per heavy atom. The van der Waals surface area contributed by atoms with E-state index < -0.39 is 5.41 Å². The number of carbonyl (C=O) groups excluding carboxylic acids is 1. The summed E-state index contributed by atoms with van der Waals surface area (Å²) in [5.41, 5.74) is 7.39. The van der Waals surface area contributed by atoms with Crippen LogP contribution in [-0.2, 0) is 21.5 Å². The van der Waals surface area contributed by atoms with Crippen molar-refractivity contribution in [1.82, 2.24) is 4.57 Å². The first-order valence-electron chi connectivity index (χ1n) is 11.2. The second-order valence-electron chi connectivity index (χ2n) is 8.93. The van der Waals surface area contributed by atoms with Crippen molar-refractivity contribution in [3.8, 4) is 0 Å². The fourth-order valence-electron chi connectivity index (χ4n) is 5.62. The van der Waals surface area contributed by atoms with Crippen molar-refractivity contribution < 1.29 is 14.1 Å². The normalized spacial score (nSPS) is 23.1. The highest BCUT2D eigenvalue weighted by Crippen LogP contribution is 2.49. The van der Waals surface area contributed by atoms with E-state index in [2.05, 4.69) is 52.7 Å². The van der Waals surface area contributed by atoms with Crippen LogP contribution < -0.4 is 10.3 Å². The summed E-state index contributed by atoms with van der Waals surface area (Å²) in [4.78, 5) is 13.2. The number of ether oxygens (including phenoxy) is 1. The molecule has 2 aliphatic rings. The third-order valence-electron chi connectivity index (χ3n) is 7.26. The van der Waals surface area contributed by atoms with Gasteiger partial charge in [0.1, 0.15) is 36.5 Å². The summed E-state index contributed by atoms with van der Waals surface area (Å²) in [6, 6.07) is 20.5. The molecule has 5 heteroatoms. The Kier molecular flexibility index (Phi) is 5.14. The molecule has 31 heavy (non-hydrogen) atoms. The number of primary amides is 1. The van der Waals surface area contributed by atoms with E-state index >= 15 is 0 Å². The van der Waals surface area contributed by atoms with Gasteiger partial charge in [-0.05, 0) is 36.3 Å². The second-order valence-corrected chi connectivity index (χ2v) is 8.93. The van der Waals surface area contributed by atoms with Gasteiger partial charge in [0.25, 0.3) is 5.82 Å². The molecule has 160 valence electrons. The molecule has 5 rings (SSSR count). The monoisotopic (exact) mass is 416 g/mol. The molecule has 5 nitrogen and oxygen atoms in total. The fourth-order valence-corrected chi connectivity index (χ4v) is 5.62. The minimum Gasteiger partial charge on any atom is -0.369 e. The molecule has 1 saturated carbocycles. The number of hydrogen-bond acceptors (Lipinski definition) is 2. The number of epoxide rings is 1. The number of aromatic nitrogens is 2. The van der Waals surface area contributed by atoms with Gasteiger partial charge < -0.3 is 10.5 Å². The van der Waals surface area contributed by atoms with Crippen LogP contribution >= 0.6 is 0 Å². The number of hydrogen-bond donors (Lipinski definition) is 1. The molecule has 1 amide bonds. The summed E-state index contributed by atoms with van der Waals surface area (Å²) in [6.45, 7) is 3.94. The zero-order chi connectivity index (χ0) is 21.4. The summed E-state index contributed by atoms with van der Waals surface area (Å²) < 4.78 is 10.1. The molecule has 1 unspecified atom stereocenters. The van der Waals surface area contributed by atoms with Crippen molar-refractivity contribution >= 4 is 5.91 Å². The minimum absolute atomic E-state index is 0.141. The molecule has 1 saturated heterocycles. The first-order chi connectivity index (χ1) is 15.1. The maximum absolute atomic E-state index is 13.2. The van der Waals surface area contributed by atoms with Gasteiger partial charge in [-0.1, -0.05) is 60.7 Å². The Morgan fingerprint density at radius 2 is 1.71 bits per heavy atom. The maximum atomic E-state index is 13.2. The molecule has 2 heterocycles. The standard InChI is InChI=1S/C26H29N3O2/c1-19-28(17-24-18-31-24)14-15-29(19)23-13-12-22(16-23)26(25(27)30,20-8-4-2-5-9-20)21-10-6-3-7-11-21/h2-11,14-15,22-24H,12-13,16-18H2,1H3,(H-,27,30)/p+1/t22-,23+,24?/m0/s1. The van der Waals surface area contributed by atoms with Gasteiger partial charge in [-0.15, -0.1) is 0 Å². The highest BCUT2D eigenvalue weighted by molar-refractivity contribution is 5.91. The Bertz CT molecular complexity index is 1020. The van der Waals surface area contributed by atoms with Crippen LogP contribution in [0.25, 0.3) is 0 Å². The lowest BCUT2D eigenvalue weighted by atomic mass is 9.64. The van der Waals surface area contributed by atoms with E-state index in [-0.39, 0.29) is 11.8 Å². The van der Waals surface area contributed by atoms with Crippen molar-refractivity contribution in [3.05, 3.63) is 90.0 Å². The summed E-state index contributed by atoms with van der Waals surface area (Å²) >= 11 is 0. The van der Waals surface area contributed by atoms with E-state index in [1.807, 2.05) is 36.4 Å². The topological polar surface area (TPSA) is 64.4 Å². The van der Waals surface area contributed by atoms with E-state index in [0.29, 0.717) is 12.1 Å². The minimum atomic E-state index is -0.823. The van der Waals surface area contributed by atoms with Crippen LogP contribution in [0.2, 0.25) is 0 Å². The van der Waals surface area contributed by atoms with Crippen molar-refractivity contribution in [2.45, 2.75) is 50.3 Å². The van der Waals surface area contributed by atoms with Crippen LogP contribution in [0.4, 0.5) is 0 Å². The molecule has 1 aliphatic carbocycles. The van der Waals surface area contributed by atoms with Crippen LogP contribution in [-0.4, -0.2) is 23.2 Å². The number of amides is 1. The Hall–Kier alpha value is -2.92. The number of imidazole rings is 1. The van der Waals surface area contributed by atoms with E-state index in [1.54, 1.807) is 0 Å². The van der Waals surface area contributed by atoms with Crippen LogP contribution in [0.15, 0.2) is 73.1 Å². The summed E-state index contributed by atoms with van der Waals surface area (Å²) in [6.07, 6.45) is 7.61. The number of benzene rings is 2. The molecule has 2 fully saturated rings. The van der Waals surface area contributed by atoms with E-state index in [9.17, 15) is 4.79 Å². The summed E-state index contributed by atoms with van der Waals surface area (Å²) in [7, 11) is 0. The lowest BCUT2D eigenvalue weighted by Gasteiger charge is -2.37. The molecule has 0 radical (unpaired) electrons. The maximum Gasteiger partial charge on any atom is 0.253 e. The average Bonchev–Trinajstić information content (AvgIpc) is 3.36. The average molecular weight is 417 g/mol. The van der Waals surface area contributed by atoms with Gasteiger partial charge in [-0.2, -0.15) is 0 Å². The zero-order valence-corrected chi connectivity index (χ0v) is 18.0. The van der Waals surface area contributed by atoms with Crippen molar-refractivity contribution in [2.75, 3.05) is 6.61 Å². The first-order valence-corrected chi connectivity index (χ1v) is 11.2. The Balaban J connectivity index is 1.51. The SMILES string of the molecule is Cc1n([C@@H]2CC[C@H](C(C(N)=O)(c3ccccc3)c3ccccc3)C2)cc[n+]1CC1CO1. The first kappa shape index (κ1) is 20.0. The van der Waals surface area contributed by atoms with Crippen molar-refractivity contribution in [2.24, 2.45) is 11.7 Å². The molecule has 2 aromatic carbocycles. The van der Waals surface area contributed by atoms with Gasteiger partial charge >= 0.3 is 0 Å². The van der Waals surface area contributed by atoms with Gasteiger partial charge in [0.15, 0.2) is 0 Å². The van der Waals surface area contributed by atoms with Gasteiger partial charge in [0, 0.05) is 6.92 Å². The molecule has 1 aromatic heterocycles. The second kappa shape index (κ2) is 7.97. The largest absolute Gasteiger partial charge is 0.369 e. The smallest absolute Gasteiger partial charge is 0.253 e. The van der Waals surface area contributed by atoms with Crippen LogP contribution in [0, 0.1) is 12.8 Å². The third kappa shape index (κ3) is 3.47. The molecule has 0 spiro atoms. The van der Waals surface area contributed by atoms with E-state index in [4.69, 9.17) is 10.5 Å². The molecule has 1 aliphatic heterocycles. The van der Waals surface area contributed by atoms with E-state index in [1.165, 1.54) is 5.82 Å². The Labute approximate surface area is 183 Å². The van der Waals surface area contributed by atoms with Gasteiger partial charge in [0.2, 0.25) is 5.91 Å². The van der Waals surface area contributed by atoms with Gasteiger partial charge in [-0.25, -0.2) is 9.13 Å². The molecule has 0 bridgehead atoms. The predicted molar refractivity (Wildman–Crippen MR) is 118 cm³/mol. The molecule has 2 N–H and O–H groups in total. The summed E-state index contributed by atoms with van der Waals surface area (Å²) in [5, 5.41) is 0. The van der Waals surface area contributed by atoms with Crippen LogP contribution in [0.1, 0.15) is 42.3 Å². The molecular weight excluding hydrogens is 386 g/mol. The highest BCUT2D eigenvalue weighted by Gasteiger charge is 2.51. The number of nitrogens with zero attached hydrogens (tertiary/aromatic N) is 2. The lowest BCUT2D eigenvalue weighted by molar-refractivity contribution is -0.703. The summed E-state index contributed by atoms with van der Waals surface area (Å²) in [5.74, 6) is 1.12. The van der Waals surface area contributed by atoms with E-state index in [0.717, 1.165) is 43.5 Å². The number of rotatable bonds is 7. The van der Waals surface area contributed by atoms with Crippen LogP contribution in [0.3, 0.4) is 0 Å².